The molecule has 156 valence electrons. The van der Waals surface area contributed by atoms with E-state index < -0.39 is 10.9 Å². The number of rotatable bonds is 15. The SMILES string of the molecule is CCCCCCCCCCOC(=O)CCCC(=O)Oc1ccc([N+](=O)[O-])cc1. The fourth-order valence-electron chi connectivity index (χ4n) is 2.69. The van der Waals surface area contributed by atoms with Crippen molar-refractivity contribution in [2.75, 3.05) is 6.61 Å². The minimum absolute atomic E-state index is 0.0703. The smallest absolute Gasteiger partial charge is 0.311 e. The summed E-state index contributed by atoms with van der Waals surface area (Å²) < 4.78 is 10.2. The van der Waals surface area contributed by atoms with Gasteiger partial charge in [-0.2, -0.15) is 0 Å². The molecule has 0 amide bonds. The monoisotopic (exact) mass is 393 g/mol. The standard InChI is InChI=1S/C21H31NO6/c1-2-3-4-5-6-7-8-9-17-27-20(23)11-10-12-21(24)28-19-15-13-18(14-16-19)22(25)26/h13-16H,2-12,17H2,1H3. The molecule has 7 nitrogen and oxygen atoms in total. The minimum Gasteiger partial charge on any atom is -0.466 e. The molecule has 0 spiro atoms. The first kappa shape index (κ1) is 23.6. The van der Waals surface area contributed by atoms with Crippen LogP contribution in [0.4, 0.5) is 5.69 Å². The van der Waals surface area contributed by atoms with Gasteiger partial charge in [0, 0.05) is 25.0 Å². The van der Waals surface area contributed by atoms with Crippen molar-refractivity contribution in [2.45, 2.75) is 77.6 Å². The fraction of sp³-hybridized carbons (Fsp3) is 0.619. The highest BCUT2D eigenvalue weighted by Gasteiger charge is 2.10. The second kappa shape index (κ2) is 14.6. The summed E-state index contributed by atoms with van der Waals surface area (Å²) in [6.07, 6.45) is 10.1. The lowest BCUT2D eigenvalue weighted by Crippen LogP contribution is -2.10. The number of benzene rings is 1. The van der Waals surface area contributed by atoms with E-state index in [1.807, 2.05) is 0 Å². The Hall–Kier alpha value is -2.44. The number of nitro groups is 1. The van der Waals surface area contributed by atoms with Crippen LogP contribution in [-0.4, -0.2) is 23.5 Å². The molecule has 0 atom stereocenters. The number of ether oxygens (including phenoxy) is 2. The molecule has 1 aromatic rings. The van der Waals surface area contributed by atoms with Crippen LogP contribution in [0.1, 0.15) is 77.6 Å². The largest absolute Gasteiger partial charge is 0.466 e. The Bertz CT molecular complexity index is 599. The highest BCUT2D eigenvalue weighted by Crippen LogP contribution is 2.18. The summed E-state index contributed by atoms with van der Waals surface area (Å²) in [5.41, 5.74) is -0.0703. The molecule has 0 N–H and O–H groups in total. The summed E-state index contributed by atoms with van der Waals surface area (Å²) in [5.74, 6) is -0.538. The third-order valence-electron chi connectivity index (χ3n) is 4.30. The van der Waals surface area contributed by atoms with Gasteiger partial charge in [-0.25, -0.2) is 0 Å². The van der Waals surface area contributed by atoms with Crippen LogP contribution in [0.15, 0.2) is 24.3 Å². The Kier molecular flexibility index (Phi) is 12.3. The highest BCUT2D eigenvalue weighted by atomic mass is 16.6. The van der Waals surface area contributed by atoms with Crippen molar-refractivity contribution in [1.82, 2.24) is 0 Å². The zero-order valence-electron chi connectivity index (χ0n) is 16.7. The van der Waals surface area contributed by atoms with Crippen LogP contribution in [-0.2, 0) is 14.3 Å². The van der Waals surface area contributed by atoms with Gasteiger partial charge in [-0.3, -0.25) is 19.7 Å². The van der Waals surface area contributed by atoms with Gasteiger partial charge >= 0.3 is 11.9 Å². The van der Waals surface area contributed by atoms with Gasteiger partial charge in [0.1, 0.15) is 5.75 Å². The maximum Gasteiger partial charge on any atom is 0.311 e. The van der Waals surface area contributed by atoms with Crippen molar-refractivity contribution in [3.8, 4) is 5.75 Å². The van der Waals surface area contributed by atoms with Crippen LogP contribution >= 0.6 is 0 Å². The molecule has 0 heterocycles. The Labute approximate surface area is 166 Å². The van der Waals surface area contributed by atoms with Gasteiger partial charge in [0.15, 0.2) is 0 Å². The van der Waals surface area contributed by atoms with E-state index >= 15 is 0 Å². The summed E-state index contributed by atoms with van der Waals surface area (Å²) in [6, 6.07) is 5.28. The van der Waals surface area contributed by atoms with E-state index in [2.05, 4.69) is 6.92 Å². The van der Waals surface area contributed by atoms with E-state index in [4.69, 9.17) is 9.47 Å². The molecular formula is C21H31NO6. The zero-order valence-corrected chi connectivity index (χ0v) is 16.7. The van der Waals surface area contributed by atoms with Crippen molar-refractivity contribution in [3.63, 3.8) is 0 Å². The average molecular weight is 393 g/mol. The second-order valence-corrected chi connectivity index (χ2v) is 6.77. The number of esters is 2. The molecule has 0 saturated carbocycles. The van der Waals surface area contributed by atoms with Gasteiger partial charge in [-0.1, -0.05) is 51.9 Å². The van der Waals surface area contributed by atoms with Crippen molar-refractivity contribution < 1.29 is 24.0 Å². The molecule has 0 aromatic heterocycles. The highest BCUT2D eigenvalue weighted by molar-refractivity contribution is 5.74. The van der Waals surface area contributed by atoms with Gasteiger partial charge in [0.05, 0.1) is 11.5 Å². The maximum absolute atomic E-state index is 11.7. The summed E-state index contributed by atoms with van der Waals surface area (Å²) in [4.78, 5) is 33.4. The van der Waals surface area contributed by atoms with Crippen LogP contribution in [0.5, 0.6) is 5.75 Å². The lowest BCUT2D eigenvalue weighted by molar-refractivity contribution is -0.384. The zero-order chi connectivity index (χ0) is 20.6. The van der Waals surface area contributed by atoms with Crippen molar-refractivity contribution in [3.05, 3.63) is 34.4 Å². The number of carbonyl (C=O) groups excluding carboxylic acids is 2. The Morgan fingerprint density at radius 3 is 2.04 bits per heavy atom. The molecule has 0 aliphatic heterocycles. The lowest BCUT2D eigenvalue weighted by atomic mass is 10.1. The predicted octanol–water partition coefficient (Wildman–Crippen LogP) is 5.35. The number of carbonyl (C=O) groups is 2. The van der Waals surface area contributed by atoms with E-state index in [9.17, 15) is 19.7 Å². The number of nitrogens with zero attached hydrogens (tertiary/aromatic N) is 1. The topological polar surface area (TPSA) is 95.7 Å². The van der Waals surface area contributed by atoms with E-state index in [1.165, 1.54) is 62.8 Å². The molecule has 1 rings (SSSR count). The van der Waals surface area contributed by atoms with Gasteiger partial charge in [-0.15, -0.1) is 0 Å². The third-order valence-corrected chi connectivity index (χ3v) is 4.30. The summed E-state index contributed by atoms with van der Waals surface area (Å²) >= 11 is 0. The van der Waals surface area contributed by atoms with E-state index in [0.717, 1.165) is 12.8 Å². The molecule has 28 heavy (non-hydrogen) atoms. The first-order valence-corrected chi connectivity index (χ1v) is 10.1. The van der Waals surface area contributed by atoms with Crippen molar-refractivity contribution in [2.24, 2.45) is 0 Å². The van der Waals surface area contributed by atoms with Gasteiger partial charge in [0.25, 0.3) is 5.69 Å². The first-order chi connectivity index (χ1) is 13.5. The summed E-state index contributed by atoms with van der Waals surface area (Å²) in [6.45, 7) is 2.64. The van der Waals surface area contributed by atoms with E-state index in [1.54, 1.807) is 0 Å². The van der Waals surface area contributed by atoms with E-state index in [0.29, 0.717) is 13.0 Å². The molecule has 1 aromatic carbocycles. The van der Waals surface area contributed by atoms with Crippen LogP contribution in [0.25, 0.3) is 0 Å². The Balaban J connectivity index is 2.03. The summed E-state index contributed by atoms with van der Waals surface area (Å²) in [5, 5.41) is 10.6. The maximum atomic E-state index is 11.7. The molecule has 0 aliphatic rings. The molecule has 7 heteroatoms. The van der Waals surface area contributed by atoms with Crippen molar-refractivity contribution in [1.29, 1.82) is 0 Å². The predicted molar refractivity (Wildman–Crippen MR) is 106 cm³/mol. The van der Waals surface area contributed by atoms with Gasteiger partial charge < -0.3 is 9.47 Å². The number of nitro benzene ring substituents is 1. The molecule has 0 radical (unpaired) electrons. The van der Waals surface area contributed by atoms with Gasteiger partial charge in [0.2, 0.25) is 0 Å². The Morgan fingerprint density at radius 2 is 1.43 bits per heavy atom. The summed E-state index contributed by atoms with van der Waals surface area (Å²) in [7, 11) is 0. The Morgan fingerprint density at radius 1 is 0.857 bits per heavy atom. The van der Waals surface area contributed by atoms with Gasteiger partial charge in [-0.05, 0) is 25.0 Å². The molecule has 0 bridgehead atoms. The molecule has 0 fully saturated rings. The second-order valence-electron chi connectivity index (χ2n) is 6.77. The lowest BCUT2D eigenvalue weighted by Gasteiger charge is -2.06. The average Bonchev–Trinajstić information content (AvgIpc) is 2.67. The molecule has 0 saturated heterocycles. The van der Waals surface area contributed by atoms with E-state index in [-0.39, 0.29) is 30.2 Å². The van der Waals surface area contributed by atoms with Crippen LogP contribution < -0.4 is 4.74 Å². The first-order valence-electron chi connectivity index (χ1n) is 10.1. The quantitative estimate of drug-likeness (QED) is 0.131. The van der Waals surface area contributed by atoms with Crippen LogP contribution in [0.3, 0.4) is 0 Å². The third kappa shape index (κ3) is 11.3. The van der Waals surface area contributed by atoms with Crippen LogP contribution in [0.2, 0.25) is 0 Å². The fourth-order valence-corrected chi connectivity index (χ4v) is 2.69. The molecular weight excluding hydrogens is 362 g/mol. The number of hydrogen-bond donors (Lipinski definition) is 0. The number of non-ortho nitro benzene ring substituents is 1. The minimum atomic E-state index is -0.523. The molecule has 0 aliphatic carbocycles. The van der Waals surface area contributed by atoms with Crippen LogP contribution in [0, 0.1) is 10.1 Å². The normalized spacial score (nSPS) is 10.5. The number of unbranched alkanes of at least 4 members (excludes halogenated alkanes) is 7. The van der Waals surface area contributed by atoms with Crippen molar-refractivity contribution >= 4 is 17.6 Å². The number of hydrogen-bond acceptors (Lipinski definition) is 6. The molecule has 0 unspecified atom stereocenters.